The Kier molecular flexibility index (Phi) is 5.34. The Morgan fingerprint density at radius 2 is 1.86 bits per heavy atom. The third-order valence-electron chi connectivity index (χ3n) is 4.05. The number of aromatic nitrogens is 4. The minimum atomic E-state index is -4.54. The van der Waals surface area contributed by atoms with E-state index in [0.717, 1.165) is 15.4 Å². The number of aryl methyl sites for hydroxylation is 1. The first-order valence-electron chi connectivity index (χ1n) is 8.36. The fourth-order valence-electron chi connectivity index (χ4n) is 2.72. The highest BCUT2D eigenvalue weighted by Gasteiger charge is 2.34. The first kappa shape index (κ1) is 19.4. The largest absolute Gasteiger partial charge is 0.488 e. The number of rotatable bonds is 5. The first-order chi connectivity index (χ1) is 13.3. The molecule has 0 radical (unpaired) electrons. The molecule has 0 spiro atoms. The molecule has 0 aliphatic carbocycles. The molecule has 0 atom stereocenters. The van der Waals surface area contributed by atoms with Crippen molar-refractivity contribution in [2.24, 2.45) is 7.05 Å². The summed E-state index contributed by atoms with van der Waals surface area (Å²) >= 11 is 0. The second kappa shape index (κ2) is 7.71. The Bertz CT molecular complexity index is 1070. The zero-order valence-corrected chi connectivity index (χ0v) is 15.1. The molecule has 146 valence electrons. The van der Waals surface area contributed by atoms with E-state index in [4.69, 9.17) is 4.74 Å². The van der Waals surface area contributed by atoms with Crippen molar-refractivity contribution in [2.75, 3.05) is 0 Å². The van der Waals surface area contributed by atoms with E-state index in [1.54, 1.807) is 30.4 Å². The second-order valence-corrected chi connectivity index (χ2v) is 5.92. The number of halogens is 3. The van der Waals surface area contributed by atoms with Crippen LogP contribution in [0.3, 0.4) is 0 Å². The highest BCUT2D eigenvalue weighted by molar-refractivity contribution is 5.59. The Balaban J connectivity index is 2.05. The summed E-state index contributed by atoms with van der Waals surface area (Å²) in [5.41, 5.74) is 0.256. The monoisotopic (exact) mass is 390 g/mol. The van der Waals surface area contributed by atoms with Crippen LogP contribution in [0.25, 0.3) is 11.8 Å². The van der Waals surface area contributed by atoms with Crippen molar-refractivity contribution < 1.29 is 17.9 Å². The third-order valence-corrected chi connectivity index (χ3v) is 4.05. The summed E-state index contributed by atoms with van der Waals surface area (Å²) in [5, 5.41) is 7.50. The molecule has 28 heavy (non-hydrogen) atoms. The summed E-state index contributed by atoms with van der Waals surface area (Å²) in [6.45, 7) is 1.62. The van der Waals surface area contributed by atoms with Gasteiger partial charge in [0.05, 0.1) is 11.3 Å². The highest BCUT2D eigenvalue weighted by atomic mass is 19.4. The molecule has 0 saturated heterocycles. The van der Waals surface area contributed by atoms with Crippen molar-refractivity contribution in [1.29, 1.82) is 0 Å². The van der Waals surface area contributed by atoms with E-state index in [-0.39, 0.29) is 12.4 Å². The van der Waals surface area contributed by atoms with Crippen LogP contribution in [0.2, 0.25) is 0 Å². The number of hydrogen-bond donors (Lipinski definition) is 0. The molecule has 0 aliphatic rings. The maximum atomic E-state index is 13.2. The van der Waals surface area contributed by atoms with Gasteiger partial charge in [-0.1, -0.05) is 36.4 Å². The summed E-state index contributed by atoms with van der Waals surface area (Å²) in [4.78, 5) is 12.2. The fraction of sp³-hybridized carbons (Fsp3) is 0.211. The van der Waals surface area contributed by atoms with Crippen molar-refractivity contribution in [2.45, 2.75) is 19.7 Å². The van der Waals surface area contributed by atoms with Gasteiger partial charge in [0.2, 0.25) is 0 Å². The zero-order chi connectivity index (χ0) is 20.3. The molecule has 1 heterocycles. The predicted octanol–water partition coefficient (Wildman–Crippen LogP) is 3.60. The van der Waals surface area contributed by atoms with E-state index in [1.807, 2.05) is 6.92 Å². The zero-order valence-electron chi connectivity index (χ0n) is 15.1. The molecule has 0 aliphatic heterocycles. The van der Waals surface area contributed by atoms with Gasteiger partial charge in [0.1, 0.15) is 12.4 Å². The van der Waals surface area contributed by atoms with Gasteiger partial charge in [-0.3, -0.25) is 0 Å². The van der Waals surface area contributed by atoms with Crippen molar-refractivity contribution in [3.63, 3.8) is 0 Å². The first-order valence-corrected chi connectivity index (χ1v) is 8.36. The van der Waals surface area contributed by atoms with E-state index in [1.165, 1.54) is 25.2 Å². The van der Waals surface area contributed by atoms with Gasteiger partial charge in [0.15, 0.2) is 0 Å². The smallest absolute Gasteiger partial charge is 0.419 e. The van der Waals surface area contributed by atoms with Gasteiger partial charge in [-0.25, -0.2) is 4.79 Å². The van der Waals surface area contributed by atoms with Gasteiger partial charge in [0.25, 0.3) is 0 Å². The molecule has 0 unspecified atom stereocenters. The van der Waals surface area contributed by atoms with Crippen LogP contribution >= 0.6 is 0 Å². The van der Waals surface area contributed by atoms with E-state index in [2.05, 4.69) is 10.4 Å². The predicted molar refractivity (Wildman–Crippen MR) is 97.1 cm³/mol. The number of nitrogens with zero attached hydrogens (tertiary/aromatic N) is 4. The number of ether oxygens (including phenoxy) is 1. The molecule has 0 amide bonds. The van der Waals surface area contributed by atoms with Gasteiger partial charge >= 0.3 is 11.9 Å². The van der Waals surface area contributed by atoms with Crippen LogP contribution in [-0.2, 0) is 19.8 Å². The SMILES string of the molecule is C/C=C/c1cccc(-n2nnn(C)c2=O)c1COc1ccccc1C(F)(F)F. The minimum Gasteiger partial charge on any atom is -0.488 e. The van der Waals surface area contributed by atoms with E-state index < -0.39 is 17.4 Å². The maximum absolute atomic E-state index is 13.2. The van der Waals surface area contributed by atoms with Gasteiger partial charge in [-0.2, -0.15) is 22.5 Å². The fourth-order valence-corrected chi connectivity index (χ4v) is 2.72. The van der Waals surface area contributed by atoms with Crippen molar-refractivity contribution in [1.82, 2.24) is 19.8 Å². The molecule has 3 aromatic rings. The van der Waals surface area contributed by atoms with Crippen LogP contribution in [0, 0.1) is 0 Å². The van der Waals surface area contributed by atoms with E-state index in [0.29, 0.717) is 16.8 Å². The van der Waals surface area contributed by atoms with Gasteiger partial charge in [-0.15, -0.1) is 0 Å². The average Bonchev–Trinajstić information content (AvgIpc) is 2.99. The summed E-state index contributed by atoms with van der Waals surface area (Å²) < 4.78 is 47.3. The minimum absolute atomic E-state index is 0.189. The van der Waals surface area contributed by atoms with E-state index >= 15 is 0 Å². The van der Waals surface area contributed by atoms with Crippen LogP contribution in [0.15, 0.2) is 53.3 Å². The van der Waals surface area contributed by atoms with Crippen LogP contribution in [0.5, 0.6) is 5.75 Å². The number of hydrogen-bond acceptors (Lipinski definition) is 4. The van der Waals surface area contributed by atoms with E-state index in [9.17, 15) is 18.0 Å². The molecule has 0 saturated carbocycles. The van der Waals surface area contributed by atoms with Crippen LogP contribution in [0.1, 0.15) is 23.6 Å². The van der Waals surface area contributed by atoms with Crippen LogP contribution < -0.4 is 10.4 Å². The lowest BCUT2D eigenvalue weighted by Gasteiger charge is -2.16. The molecule has 0 bridgehead atoms. The second-order valence-electron chi connectivity index (χ2n) is 5.92. The van der Waals surface area contributed by atoms with Crippen LogP contribution in [-0.4, -0.2) is 19.8 Å². The standard InChI is InChI=1S/C19H17F3N4O2/c1-3-7-13-8-6-10-16(26-18(27)25(2)23-24-26)14(13)12-28-17-11-5-4-9-15(17)19(20,21)22/h3-11H,12H2,1-2H3/b7-3+. The summed E-state index contributed by atoms with van der Waals surface area (Å²) in [6, 6.07) is 10.1. The van der Waals surface area contributed by atoms with Crippen molar-refractivity contribution >= 4 is 6.08 Å². The summed E-state index contributed by atoms with van der Waals surface area (Å²) in [7, 11) is 1.46. The topological polar surface area (TPSA) is 61.9 Å². The number of benzene rings is 2. The van der Waals surface area contributed by atoms with Gasteiger partial charge in [0, 0.05) is 12.6 Å². The van der Waals surface area contributed by atoms with Crippen LogP contribution in [0.4, 0.5) is 13.2 Å². The Morgan fingerprint density at radius 3 is 2.50 bits per heavy atom. The molecule has 1 aromatic heterocycles. The lowest BCUT2D eigenvalue weighted by molar-refractivity contribution is -0.139. The molecular weight excluding hydrogens is 373 g/mol. The van der Waals surface area contributed by atoms with Gasteiger partial charge in [-0.05, 0) is 41.1 Å². The lowest BCUT2D eigenvalue weighted by atomic mass is 10.1. The lowest BCUT2D eigenvalue weighted by Crippen LogP contribution is -2.23. The molecule has 3 rings (SSSR count). The third kappa shape index (κ3) is 3.83. The number of tetrazole rings is 1. The molecule has 2 aromatic carbocycles. The van der Waals surface area contributed by atoms with Gasteiger partial charge < -0.3 is 4.74 Å². The quantitative estimate of drug-likeness (QED) is 0.668. The highest BCUT2D eigenvalue weighted by Crippen LogP contribution is 2.36. The molecule has 0 N–H and O–H groups in total. The maximum Gasteiger partial charge on any atom is 0.419 e. The number of allylic oxidation sites excluding steroid dienone is 1. The Labute approximate surface area is 158 Å². The number of para-hydroxylation sites is 1. The van der Waals surface area contributed by atoms with Crippen molar-refractivity contribution in [3.05, 3.63) is 75.7 Å². The van der Waals surface area contributed by atoms with Crippen molar-refractivity contribution in [3.8, 4) is 11.4 Å². The normalized spacial score (nSPS) is 11.9. The Hall–Kier alpha value is -3.36. The number of alkyl halides is 3. The summed E-state index contributed by atoms with van der Waals surface area (Å²) in [6.07, 6.45) is -0.977. The Morgan fingerprint density at radius 1 is 1.11 bits per heavy atom. The summed E-state index contributed by atoms with van der Waals surface area (Å²) in [5.74, 6) is -0.289. The average molecular weight is 390 g/mol. The molecule has 6 nitrogen and oxygen atoms in total. The molecule has 9 heteroatoms. The molecular formula is C19H17F3N4O2. The molecule has 0 fully saturated rings.